The zero-order valence-electron chi connectivity index (χ0n) is 12.3. The smallest absolute Gasteiger partial charge is 0.128 e. The number of halogens is 2. The minimum atomic E-state index is -0.700. The van der Waals surface area contributed by atoms with Gasteiger partial charge in [-0.15, -0.1) is 0 Å². The molecule has 1 aliphatic carbocycles. The quantitative estimate of drug-likeness (QED) is 0.846. The molecule has 1 aromatic carbocycles. The molecule has 0 aliphatic heterocycles. The fourth-order valence-corrected chi connectivity index (χ4v) is 2.73. The number of aliphatic hydroxyl groups excluding tert-OH is 1. The number of aliphatic hydroxyl groups is 1. The second kappa shape index (κ2) is 7.71. The van der Waals surface area contributed by atoms with Crippen molar-refractivity contribution >= 4 is 5.69 Å². The predicted octanol–water partition coefficient (Wildman–Crippen LogP) is 3.33. The maximum Gasteiger partial charge on any atom is 0.128 e. The van der Waals surface area contributed by atoms with Crippen LogP contribution in [0, 0.1) is 17.6 Å². The summed E-state index contributed by atoms with van der Waals surface area (Å²) >= 11 is 0. The first kappa shape index (κ1) is 16.2. The summed E-state index contributed by atoms with van der Waals surface area (Å²) in [4.78, 5) is 0. The number of anilines is 1. The Morgan fingerprint density at radius 1 is 1.29 bits per heavy atom. The molecule has 1 aromatic rings. The standard InChI is InChI=1S/C16H23F2NO2/c1-11-3-2-4-16(5-11)21-10-15(20)9-19-14-7-12(17)6-13(18)8-14/h6-8,11,15-16,19-20H,2-5,9-10H2,1H3. The van der Waals surface area contributed by atoms with Gasteiger partial charge in [0.25, 0.3) is 0 Å². The van der Waals surface area contributed by atoms with Crippen LogP contribution < -0.4 is 5.32 Å². The topological polar surface area (TPSA) is 41.5 Å². The molecule has 3 nitrogen and oxygen atoms in total. The number of hydrogen-bond acceptors (Lipinski definition) is 3. The molecular weight excluding hydrogens is 276 g/mol. The molecule has 0 aromatic heterocycles. The third-order valence-corrected chi connectivity index (χ3v) is 3.82. The lowest BCUT2D eigenvalue weighted by molar-refractivity contribution is -0.0274. The molecular formula is C16H23F2NO2. The first-order valence-electron chi connectivity index (χ1n) is 7.52. The summed E-state index contributed by atoms with van der Waals surface area (Å²) in [5, 5.41) is 12.7. The molecule has 2 N–H and O–H groups in total. The van der Waals surface area contributed by atoms with Gasteiger partial charge in [-0.05, 0) is 30.9 Å². The molecule has 0 bridgehead atoms. The van der Waals surface area contributed by atoms with Crippen molar-refractivity contribution in [3.63, 3.8) is 0 Å². The van der Waals surface area contributed by atoms with Crippen LogP contribution in [0.1, 0.15) is 32.6 Å². The predicted molar refractivity (Wildman–Crippen MR) is 78.2 cm³/mol. The maximum atomic E-state index is 13.0. The maximum absolute atomic E-state index is 13.0. The fraction of sp³-hybridized carbons (Fsp3) is 0.625. The average molecular weight is 299 g/mol. The SMILES string of the molecule is CC1CCCC(OCC(O)CNc2cc(F)cc(F)c2)C1. The van der Waals surface area contributed by atoms with Gasteiger partial charge in [0.05, 0.1) is 18.8 Å². The van der Waals surface area contributed by atoms with Gasteiger partial charge in [-0.2, -0.15) is 0 Å². The van der Waals surface area contributed by atoms with Crippen molar-refractivity contribution in [1.82, 2.24) is 0 Å². The first-order chi connectivity index (χ1) is 10.0. The highest BCUT2D eigenvalue weighted by Gasteiger charge is 2.20. The molecule has 1 saturated carbocycles. The molecule has 118 valence electrons. The second-order valence-corrected chi connectivity index (χ2v) is 5.92. The van der Waals surface area contributed by atoms with E-state index in [1.807, 2.05) is 0 Å². The minimum absolute atomic E-state index is 0.200. The summed E-state index contributed by atoms with van der Waals surface area (Å²) in [6, 6.07) is 3.20. The van der Waals surface area contributed by atoms with Gasteiger partial charge in [0.1, 0.15) is 11.6 Å². The summed E-state index contributed by atoms with van der Waals surface area (Å²) in [5.74, 6) is -0.604. The van der Waals surface area contributed by atoms with Crippen LogP contribution in [0.4, 0.5) is 14.5 Å². The van der Waals surface area contributed by atoms with Crippen molar-refractivity contribution in [2.75, 3.05) is 18.5 Å². The molecule has 0 heterocycles. The number of ether oxygens (including phenoxy) is 1. The number of rotatable bonds is 6. The van der Waals surface area contributed by atoms with Crippen molar-refractivity contribution in [3.05, 3.63) is 29.8 Å². The van der Waals surface area contributed by atoms with Crippen LogP contribution in [-0.2, 0) is 4.74 Å². The van der Waals surface area contributed by atoms with Gasteiger partial charge in [-0.25, -0.2) is 8.78 Å². The van der Waals surface area contributed by atoms with E-state index in [2.05, 4.69) is 12.2 Å². The van der Waals surface area contributed by atoms with Gasteiger partial charge in [-0.3, -0.25) is 0 Å². The molecule has 2 rings (SSSR count). The van der Waals surface area contributed by atoms with E-state index in [1.165, 1.54) is 25.0 Å². The van der Waals surface area contributed by atoms with Crippen LogP contribution in [0.3, 0.4) is 0 Å². The van der Waals surface area contributed by atoms with Gasteiger partial charge in [0, 0.05) is 18.3 Å². The molecule has 1 fully saturated rings. The molecule has 3 atom stereocenters. The molecule has 0 spiro atoms. The van der Waals surface area contributed by atoms with Gasteiger partial charge in [-0.1, -0.05) is 19.8 Å². The Kier molecular flexibility index (Phi) is 5.94. The molecule has 0 amide bonds. The van der Waals surface area contributed by atoms with Crippen LogP contribution in [-0.4, -0.2) is 30.5 Å². The zero-order valence-corrected chi connectivity index (χ0v) is 12.3. The van der Waals surface area contributed by atoms with E-state index >= 15 is 0 Å². The van der Waals surface area contributed by atoms with Crippen LogP contribution in [0.15, 0.2) is 18.2 Å². The van der Waals surface area contributed by atoms with Crippen LogP contribution in [0.5, 0.6) is 0 Å². The molecule has 5 heteroatoms. The fourth-order valence-electron chi connectivity index (χ4n) is 2.73. The Hall–Kier alpha value is -1.20. The molecule has 21 heavy (non-hydrogen) atoms. The Bertz CT molecular complexity index is 436. The van der Waals surface area contributed by atoms with Crippen molar-refractivity contribution < 1.29 is 18.6 Å². The van der Waals surface area contributed by atoms with Crippen molar-refractivity contribution in [2.24, 2.45) is 5.92 Å². The van der Waals surface area contributed by atoms with E-state index in [9.17, 15) is 13.9 Å². The van der Waals surface area contributed by atoms with Crippen LogP contribution in [0.2, 0.25) is 0 Å². The lowest BCUT2D eigenvalue weighted by atomic mass is 9.89. The summed E-state index contributed by atoms with van der Waals surface area (Å²) in [6.07, 6.45) is 4.01. The van der Waals surface area contributed by atoms with Gasteiger partial charge >= 0.3 is 0 Å². The van der Waals surface area contributed by atoms with Crippen molar-refractivity contribution in [2.45, 2.75) is 44.8 Å². The average Bonchev–Trinajstić information content (AvgIpc) is 2.42. The lowest BCUT2D eigenvalue weighted by Gasteiger charge is -2.27. The van der Waals surface area contributed by atoms with Crippen molar-refractivity contribution in [1.29, 1.82) is 0 Å². The largest absolute Gasteiger partial charge is 0.389 e. The van der Waals surface area contributed by atoms with E-state index in [4.69, 9.17) is 4.74 Å². The summed E-state index contributed by atoms with van der Waals surface area (Å²) < 4.78 is 31.7. The van der Waals surface area contributed by atoms with E-state index in [-0.39, 0.29) is 19.3 Å². The Labute approximate surface area is 124 Å². The third kappa shape index (κ3) is 5.59. The highest BCUT2D eigenvalue weighted by molar-refractivity contribution is 5.43. The molecule has 1 aliphatic rings. The van der Waals surface area contributed by atoms with E-state index in [0.717, 1.165) is 18.9 Å². The number of nitrogens with one attached hydrogen (secondary N) is 1. The van der Waals surface area contributed by atoms with Crippen molar-refractivity contribution in [3.8, 4) is 0 Å². The first-order valence-corrected chi connectivity index (χ1v) is 7.52. The molecule has 0 saturated heterocycles. The number of benzene rings is 1. The Morgan fingerprint density at radius 2 is 2.00 bits per heavy atom. The van der Waals surface area contributed by atoms with Crippen LogP contribution >= 0.6 is 0 Å². The Morgan fingerprint density at radius 3 is 2.67 bits per heavy atom. The van der Waals surface area contributed by atoms with Gasteiger partial charge < -0.3 is 15.2 Å². The summed E-state index contributed by atoms with van der Waals surface area (Å²) in [6.45, 7) is 2.65. The van der Waals surface area contributed by atoms with Gasteiger partial charge in [0.2, 0.25) is 0 Å². The van der Waals surface area contributed by atoms with E-state index in [0.29, 0.717) is 11.6 Å². The second-order valence-electron chi connectivity index (χ2n) is 5.92. The minimum Gasteiger partial charge on any atom is -0.389 e. The highest BCUT2D eigenvalue weighted by atomic mass is 19.1. The monoisotopic (exact) mass is 299 g/mol. The molecule has 0 radical (unpaired) electrons. The van der Waals surface area contributed by atoms with E-state index < -0.39 is 17.7 Å². The summed E-state index contributed by atoms with van der Waals surface area (Å²) in [5.41, 5.74) is 0.317. The zero-order chi connectivity index (χ0) is 15.2. The summed E-state index contributed by atoms with van der Waals surface area (Å²) in [7, 11) is 0. The Balaban J connectivity index is 1.70. The third-order valence-electron chi connectivity index (χ3n) is 3.82. The van der Waals surface area contributed by atoms with Crippen LogP contribution in [0.25, 0.3) is 0 Å². The normalized spacial score (nSPS) is 23.8. The van der Waals surface area contributed by atoms with E-state index in [1.54, 1.807) is 0 Å². The molecule has 3 unspecified atom stereocenters. The number of hydrogen-bond donors (Lipinski definition) is 2. The highest BCUT2D eigenvalue weighted by Crippen LogP contribution is 2.25. The van der Waals surface area contributed by atoms with Gasteiger partial charge in [0.15, 0.2) is 0 Å². The lowest BCUT2D eigenvalue weighted by Crippen LogP contribution is -2.30.